The lowest BCUT2D eigenvalue weighted by Crippen LogP contribution is -2.38. The predicted molar refractivity (Wildman–Crippen MR) is 84.2 cm³/mol. The average molecular weight is 334 g/mol. The van der Waals surface area contributed by atoms with Crippen LogP contribution in [0.25, 0.3) is 0 Å². The first-order chi connectivity index (χ1) is 11.0. The number of nitro benzene ring substituents is 1. The highest BCUT2D eigenvalue weighted by atomic mass is 35.5. The molecule has 1 aliphatic rings. The van der Waals surface area contributed by atoms with E-state index < -0.39 is 17.1 Å². The number of esters is 1. The van der Waals surface area contributed by atoms with Crippen molar-refractivity contribution in [1.29, 1.82) is 0 Å². The number of anilines is 1. The zero-order chi connectivity index (χ0) is 16.6. The van der Waals surface area contributed by atoms with Crippen LogP contribution in [0.3, 0.4) is 0 Å². The van der Waals surface area contributed by atoms with E-state index in [4.69, 9.17) is 16.3 Å². The summed E-state index contributed by atoms with van der Waals surface area (Å²) in [5.41, 5.74) is 4.25. The van der Waals surface area contributed by atoms with E-state index in [9.17, 15) is 14.9 Å². The van der Waals surface area contributed by atoms with Crippen molar-refractivity contribution in [1.82, 2.24) is 5.43 Å². The number of benzene rings is 2. The summed E-state index contributed by atoms with van der Waals surface area (Å²) in [6.45, 7) is 0. The van der Waals surface area contributed by atoms with E-state index in [1.165, 1.54) is 17.1 Å². The topological polar surface area (TPSA) is 84.7 Å². The minimum atomic E-state index is -0.709. The number of hydrogen-bond donors (Lipinski definition) is 1. The summed E-state index contributed by atoms with van der Waals surface area (Å²) in [4.78, 5) is 22.5. The van der Waals surface area contributed by atoms with Crippen LogP contribution in [-0.4, -0.2) is 17.9 Å². The number of nitrogens with one attached hydrogen (secondary N) is 1. The molecule has 1 heterocycles. The van der Waals surface area contributed by atoms with Crippen LogP contribution in [-0.2, 0) is 4.74 Å². The Hall–Kier alpha value is -2.64. The molecule has 1 aliphatic heterocycles. The summed E-state index contributed by atoms with van der Waals surface area (Å²) in [7, 11) is 1.60. The van der Waals surface area contributed by atoms with Crippen molar-refractivity contribution in [3.05, 3.63) is 68.7 Å². The molecule has 118 valence electrons. The standard InChI is InChI=1S/C15H12ClN3O4/c1-18(12-7-6-9(16)8-13(12)19(21)22)17-14-10-4-2-3-5-11(10)15(20)23-14/h2-8,14,17H,1H3/t14-/m0/s1. The minimum Gasteiger partial charge on any atom is -0.437 e. The van der Waals surface area contributed by atoms with Crippen molar-refractivity contribution in [2.75, 3.05) is 12.1 Å². The van der Waals surface area contributed by atoms with Gasteiger partial charge >= 0.3 is 5.97 Å². The lowest BCUT2D eigenvalue weighted by atomic mass is 10.1. The van der Waals surface area contributed by atoms with Gasteiger partial charge in [-0.05, 0) is 18.2 Å². The van der Waals surface area contributed by atoms with Crippen molar-refractivity contribution in [3.63, 3.8) is 0 Å². The number of fused-ring (bicyclic) bond motifs is 1. The van der Waals surface area contributed by atoms with Crippen LogP contribution in [0.5, 0.6) is 0 Å². The number of halogens is 1. The van der Waals surface area contributed by atoms with Crippen LogP contribution in [0.1, 0.15) is 22.1 Å². The summed E-state index contributed by atoms with van der Waals surface area (Å²) >= 11 is 5.81. The fourth-order valence-corrected chi connectivity index (χ4v) is 2.58. The second-order valence-corrected chi connectivity index (χ2v) is 5.39. The second kappa shape index (κ2) is 5.86. The van der Waals surface area contributed by atoms with Crippen LogP contribution in [0, 0.1) is 10.1 Å². The van der Waals surface area contributed by atoms with Crippen molar-refractivity contribution in [3.8, 4) is 0 Å². The first kappa shape index (κ1) is 15.3. The Kier molecular flexibility index (Phi) is 3.89. The van der Waals surface area contributed by atoms with Crippen molar-refractivity contribution in [2.45, 2.75) is 6.23 Å². The van der Waals surface area contributed by atoms with Gasteiger partial charge in [-0.2, -0.15) is 5.43 Å². The van der Waals surface area contributed by atoms with Crippen LogP contribution >= 0.6 is 11.6 Å². The van der Waals surface area contributed by atoms with E-state index in [0.29, 0.717) is 16.8 Å². The molecule has 0 unspecified atom stereocenters. The molecule has 1 N–H and O–H groups in total. The Balaban J connectivity index is 1.88. The molecule has 0 saturated carbocycles. The molecule has 0 spiro atoms. The smallest absolute Gasteiger partial charge is 0.340 e. The fourth-order valence-electron chi connectivity index (χ4n) is 2.41. The summed E-state index contributed by atoms with van der Waals surface area (Å²) in [6, 6.07) is 11.3. The molecule has 0 aliphatic carbocycles. The number of hydrazine groups is 1. The maximum atomic E-state index is 11.8. The molecular formula is C15H12ClN3O4. The van der Waals surface area contributed by atoms with Gasteiger partial charge in [0, 0.05) is 23.7 Å². The van der Waals surface area contributed by atoms with Crippen LogP contribution < -0.4 is 10.4 Å². The molecule has 0 aromatic heterocycles. The Morgan fingerprint density at radius 3 is 2.78 bits per heavy atom. The SMILES string of the molecule is CN(N[C@H]1OC(=O)c2ccccc21)c1ccc(Cl)cc1[N+](=O)[O-]. The van der Waals surface area contributed by atoms with E-state index in [1.807, 2.05) is 0 Å². The Bertz CT molecular complexity index is 796. The van der Waals surface area contributed by atoms with E-state index in [0.717, 1.165) is 0 Å². The largest absolute Gasteiger partial charge is 0.437 e. The van der Waals surface area contributed by atoms with Crippen molar-refractivity contribution in [2.24, 2.45) is 0 Å². The predicted octanol–water partition coefficient (Wildman–Crippen LogP) is 3.06. The number of cyclic esters (lactones) is 1. The molecule has 0 saturated heterocycles. The van der Waals surface area contributed by atoms with Crippen molar-refractivity contribution >= 4 is 28.9 Å². The number of hydrogen-bond acceptors (Lipinski definition) is 6. The van der Waals surface area contributed by atoms with E-state index in [2.05, 4.69) is 5.43 Å². The quantitative estimate of drug-likeness (QED) is 0.526. The highest BCUT2D eigenvalue weighted by Gasteiger charge is 2.32. The maximum Gasteiger partial charge on any atom is 0.340 e. The summed E-state index contributed by atoms with van der Waals surface area (Å²) in [5, 5.41) is 12.9. The number of nitrogens with zero attached hydrogens (tertiary/aromatic N) is 2. The summed E-state index contributed by atoms with van der Waals surface area (Å²) in [6.07, 6.45) is -0.709. The third-order valence-corrected chi connectivity index (χ3v) is 3.73. The molecule has 0 fully saturated rings. The second-order valence-electron chi connectivity index (χ2n) is 4.95. The number of rotatable bonds is 4. The molecule has 23 heavy (non-hydrogen) atoms. The number of ether oxygens (including phenoxy) is 1. The third kappa shape index (κ3) is 2.84. The average Bonchev–Trinajstić information content (AvgIpc) is 2.84. The third-order valence-electron chi connectivity index (χ3n) is 3.49. The Morgan fingerprint density at radius 2 is 2.04 bits per heavy atom. The molecule has 7 nitrogen and oxygen atoms in total. The molecule has 3 rings (SSSR count). The first-order valence-corrected chi connectivity index (χ1v) is 7.09. The van der Waals surface area contributed by atoms with Gasteiger partial charge in [-0.25, -0.2) is 4.79 Å². The van der Waals surface area contributed by atoms with Gasteiger partial charge in [-0.1, -0.05) is 29.8 Å². The number of nitro groups is 1. The van der Waals surface area contributed by atoms with Gasteiger partial charge in [0.05, 0.1) is 10.5 Å². The molecular weight excluding hydrogens is 322 g/mol. The first-order valence-electron chi connectivity index (χ1n) is 6.71. The van der Waals surface area contributed by atoms with E-state index in [1.54, 1.807) is 37.4 Å². The summed E-state index contributed by atoms with van der Waals surface area (Å²) < 4.78 is 5.26. The molecule has 0 radical (unpaired) electrons. The van der Waals surface area contributed by atoms with Gasteiger partial charge in [0.2, 0.25) is 0 Å². The summed E-state index contributed by atoms with van der Waals surface area (Å²) in [5.74, 6) is -0.433. The normalized spacial score (nSPS) is 15.9. The van der Waals surface area contributed by atoms with Gasteiger partial charge in [-0.15, -0.1) is 0 Å². The molecule has 2 aromatic rings. The Labute approximate surface area is 136 Å². The van der Waals surface area contributed by atoms with Crippen molar-refractivity contribution < 1.29 is 14.5 Å². The minimum absolute atomic E-state index is 0.148. The lowest BCUT2D eigenvalue weighted by Gasteiger charge is -2.24. The number of carbonyl (C=O) groups is 1. The number of carbonyl (C=O) groups excluding carboxylic acids is 1. The van der Waals surface area contributed by atoms with Gasteiger partial charge in [0.15, 0.2) is 6.23 Å². The molecule has 0 bridgehead atoms. The van der Waals surface area contributed by atoms with Gasteiger partial charge in [-0.3, -0.25) is 10.1 Å². The zero-order valence-corrected chi connectivity index (χ0v) is 12.8. The highest BCUT2D eigenvalue weighted by molar-refractivity contribution is 6.30. The lowest BCUT2D eigenvalue weighted by molar-refractivity contribution is -0.384. The zero-order valence-electron chi connectivity index (χ0n) is 12.0. The van der Waals surface area contributed by atoms with Crippen LogP contribution in [0.4, 0.5) is 11.4 Å². The Morgan fingerprint density at radius 1 is 1.30 bits per heavy atom. The fraction of sp³-hybridized carbons (Fsp3) is 0.133. The molecule has 1 atom stereocenters. The van der Waals surface area contributed by atoms with E-state index >= 15 is 0 Å². The van der Waals surface area contributed by atoms with Gasteiger partial charge in [0.25, 0.3) is 5.69 Å². The molecule has 0 amide bonds. The van der Waals surface area contributed by atoms with Gasteiger partial charge < -0.3 is 9.75 Å². The van der Waals surface area contributed by atoms with Gasteiger partial charge in [0.1, 0.15) is 5.69 Å². The highest BCUT2D eigenvalue weighted by Crippen LogP contribution is 2.32. The van der Waals surface area contributed by atoms with E-state index in [-0.39, 0.29) is 10.7 Å². The maximum absolute atomic E-state index is 11.8. The van der Waals surface area contributed by atoms with Crippen LogP contribution in [0.15, 0.2) is 42.5 Å². The van der Waals surface area contributed by atoms with Crippen LogP contribution in [0.2, 0.25) is 5.02 Å². The monoisotopic (exact) mass is 333 g/mol. The molecule has 2 aromatic carbocycles. The molecule has 8 heteroatoms.